The molecular weight excluding hydrogens is 993 g/mol. The number of hydrogen-bond acceptors (Lipinski definition) is 14. The number of rotatable bonds is 9. The van der Waals surface area contributed by atoms with Crippen molar-refractivity contribution in [2.24, 2.45) is 0 Å². The fourth-order valence-corrected chi connectivity index (χ4v) is 8.79. The SMILES string of the molecule is OCCOCCOCCOc1cc2cc(c1)OCCOCCOCCOCCOc1cccc3c(cccc13)OCCOCCOCCOCCOc1ccc(cc1)C#Cc1ccc3ccc4c(ccc5ccc1c3c54)C#C2. The van der Waals surface area contributed by atoms with Gasteiger partial charge in [-0.15, -0.1) is 0 Å². The minimum atomic E-state index is -0.0262. The van der Waals surface area contributed by atoms with Crippen molar-refractivity contribution in [2.75, 3.05) is 145 Å². The molecule has 14 nitrogen and oxygen atoms in total. The lowest BCUT2D eigenvalue weighted by molar-refractivity contribution is 0.00499. The standard InChI is InChI=1S/C64H66O14/c65-23-24-66-25-26-69-36-41-75-55-45-49-8-12-51-14-16-53-17-21-57-50(13-15-52-18-22-58(51)64(53)63(52)57)11-7-48-9-19-54(20-10-48)74-40-35-70-31-27-67-29-33-72-38-43-77-61-5-1-4-60-59(61)3-2-6-62(60)78-44-39-73-34-30-68-28-32-71-37-42-76-56(46-49)47-55/h1-6,9-10,13-22,45-47,65H,23-44H2. The Kier molecular flexibility index (Phi) is 21.9. The second kappa shape index (κ2) is 30.7. The first-order valence-electron chi connectivity index (χ1n) is 26.6. The third-order valence-electron chi connectivity index (χ3n) is 12.5. The average molecular weight is 1060 g/mol. The van der Waals surface area contributed by atoms with Crippen molar-refractivity contribution in [2.45, 2.75) is 0 Å². The highest BCUT2D eigenvalue weighted by molar-refractivity contribution is 6.24. The van der Waals surface area contributed by atoms with Gasteiger partial charge in [-0.3, -0.25) is 0 Å². The van der Waals surface area contributed by atoms with Crippen molar-refractivity contribution < 1.29 is 66.7 Å². The number of hydrogen-bond donors (Lipinski definition) is 1. The second-order valence-corrected chi connectivity index (χ2v) is 17.8. The summed E-state index contributed by atoms with van der Waals surface area (Å²) in [6.45, 7) is 8.35. The Morgan fingerprint density at radius 3 is 1.33 bits per heavy atom. The van der Waals surface area contributed by atoms with Gasteiger partial charge in [-0.05, 0) is 93.0 Å². The van der Waals surface area contributed by atoms with Crippen molar-refractivity contribution in [3.63, 3.8) is 0 Å². The molecule has 2 aliphatic heterocycles. The maximum atomic E-state index is 8.95. The molecule has 0 fully saturated rings. The summed E-state index contributed by atoms with van der Waals surface area (Å²) >= 11 is 0. The van der Waals surface area contributed by atoms with Gasteiger partial charge >= 0.3 is 0 Å². The van der Waals surface area contributed by atoms with Crippen LogP contribution in [0.5, 0.6) is 28.7 Å². The fourth-order valence-electron chi connectivity index (χ4n) is 8.79. The van der Waals surface area contributed by atoms with Gasteiger partial charge in [0.05, 0.1) is 112 Å². The van der Waals surface area contributed by atoms with Crippen LogP contribution in [0.1, 0.15) is 22.3 Å². The quantitative estimate of drug-likeness (QED) is 0.0636. The van der Waals surface area contributed by atoms with Gasteiger partial charge in [-0.1, -0.05) is 84.3 Å². The van der Waals surface area contributed by atoms with Gasteiger partial charge in [-0.2, -0.15) is 0 Å². The number of benzene rings is 8. The number of ether oxygens (including phenoxy) is 13. The molecule has 0 aliphatic carbocycles. The number of aliphatic hydroxyl groups is 1. The monoisotopic (exact) mass is 1060 g/mol. The first-order chi connectivity index (χ1) is 38.7. The van der Waals surface area contributed by atoms with E-state index in [1.165, 1.54) is 0 Å². The molecule has 406 valence electrons. The van der Waals surface area contributed by atoms with E-state index in [9.17, 15) is 0 Å². The molecule has 0 saturated heterocycles. The lowest BCUT2D eigenvalue weighted by atomic mass is 9.90. The predicted molar refractivity (Wildman–Crippen MR) is 300 cm³/mol. The third-order valence-corrected chi connectivity index (χ3v) is 12.5. The van der Waals surface area contributed by atoms with Gasteiger partial charge in [0.15, 0.2) is 0 Å². The van der Waals surface area contributed by atoms with E-state index in [1.54, 1.807) is 0 Å². The molecule has 10 rings (SSSR count). The molecule has 0 atom stereocenters. The maximum Gasteiger partial charge on any atom is 0.127 e. The highest BCUT2D eigenvalue weighted by atomic mass is 16.6. The summed E-state index contributed by atoms with van der Waals surface area (Å²) in [5.41, 5.74) is 3.45. The average Bonchev–Trinajstić information content (AvgIpc) is 3.67. The molecule has 8 aromatic rings. The van der Waals surface area contributed by atoms with Crippen molar-refractivity contribution in [3.05, 3.63) is 150 Å². The Morgan fingerprint density at radius 2 is 0.808 bits per heavy atom. The van der Waals surface area contributed by atoms with E-state index in [-0.39, 0.29) is 13.2 Å². The Labute approximate surface area is 455 Å². The summed E-state index contributed by atoms with van der Waals surface area (Å²) < 4.78 is 75.9. The summed E-state index contributed by atoms with van der Waals surface area (Å²) in [6.07, 6.45) is 0. The minimum Gasteiger partial charge on any atom is -0.491 e. The first kappa shape index (κ1) is 55.6. The van der Waals surface area contributed by atoms with Crippen LogP contribution < -0.4 is 23.7 Å². The van der Waals surface area contributed by atoms with Crippen molar-refractivity contribution in [1.82, 2.24) is 0 Å². The van der Waals surface area contributed by atoms with Gasteiger partial charge in [0.1, 0.15) is 61.8 Å². The predicted octanol–water partition coefficient (Wildman–Crippen LogP) is 9.27. The van der Waals surface area contributed by atoms with Crippen LogP contribution in [0.2, 0.25) is 0 Å². The molecule has 14 heteroatoms. The summed E-state index contributed by atoms with van der Waals surface area (Å²) in [4.78, 5) is 0. The second-order valence-electron chi connectivity index (χ2n) is 17.8. The van der Waals surface area contributed by atoms with E-state index in [0.29, 0.717) is 144 Å². The van der Waals surface area contributed by atoms with E-state index in [1.807, 2.05) is 78.9 Å². The van der Waals surface area contributed by atoms with Crippen LogP contribution in [0.3, 0.4) is 0 Å². The van der Waals surface area contributed by atoms with E-state index < -0.39 is 0 Å². The van der Waals surface area contributed by atoms with Crippen molar-refractivity contribution in [1.29, 1.82) is 0 Å². The molecule has 1 N–H and O–H groups in total. The molecule has 0 unspecified atom stereocenters. The number of aliphatic hydroxyl groups excluding tert-OH is 1. The zero-order valence-corrected chi connectivity index (χ0v) is 43.9. The van der Waals surface area contributed by atoms with E-state index in [0.717, 1.165) is 82.6 Å². The Bertz CT molecular complexity index is 3240. The van der Waals surface area contributed by atoms with Gasteiger partial charge < -0.3 is 66.7 Å². The van der Waals surface area contributed by atoms with Gasteiger partial charge in [-0.25, -0.2) is 0 Å². The molecule has 0 aromatic heterocycles. The summed E-state index contributed by atoms with van der Waals surface area (Å²) in [7, 11) is 0. The van der Waals surface area contributed by atoms with Crippen molar-refractivity contribution >= 4 is 43.1 Å². The van der Waals surface area contributed by atoms with Crippen LogP contribution in [-0.4, -0.2) is 150 Å². The lowest BCUT2D eigenvalue weighted by Gasteiger charge is -2.13. The van der Waals surface area contributed by atoms with Gasteiger partial charge in [0.2, 0.25) is 0 Å². The molecule has 0 amide bonds. The van der Waals surface area contributed by atoms with Crippen LogP contribution in [0.25, 0.3) is 43.1 Å². The fraction of sp³-hybridized carbons (Fsp3) is 0.344. The summed E-state index contributed by atoms with van der Waals surface area (Å²) in [5, 5.41) is 17.6. The third kappa shape index (κ3) is 16.4. The normalized spacial score (nSPS) is 15.4. The molecule has 14 bridgehead atoms. The van der Waals surface area contributed by atoms with Gasteiger partial charge in [0.25, 0.3) is 0 Å². The molecule has 0 saturated carbocycles. The topological polar surface area (TPSA) is 140 Å². The highest BCUT2D eigenvalue weighted by Gasteiger charge is 2.13. The zero-order valence-electron chi connectivity index (χ0n) is 43.9. The van der Waals surface area contributed by atoms with Crippen LogP contribution >= 0.6 is 0 Å². The van der Waals surface area contributed by atoms with E-state index in [4.69, 9.17) is 66.7 Å². The smallest absolute Gasteiger partial charge is 0.127 e. The molecule has 2 heterocycles. The van der Waals surface area contributed by atoms with Crippen LogP contribution in [-0.2, 0) is 37.9 Å². The zero-order chi connectivity index (χ0) is 53.2. The van der Waals surface area contributed by atoms with E-state index >= 15 is 0 Å². The summed E-state index contributed by atoms with van der Waals surface area (Å²) in [6, 6.07) is 42.4. The molecular formula is C64H66O14. The van der Waals surface area contributed by atoms with Crippen molar-refractivity contribution in [3.8, 4) is 52.4 Å². The minimum absolute atomic E-state index is 0.0262. The van der Waals surface area contributed by atoms with E-state index in [2.05, 4.69) is 72.2 Å². The number of fused-ring (bicyclic) bond motifs is 26. The largest absolute Gasteiger partial charge is 0.491 e. The Hall–Kier alpha value is -7.18. The molecule has 0 spiro atoms. The summed E-state index contributed by atoms with van der Waals surface area (Å²) in [5.74, 6) is 17.2. The van der Waals surface area contributed by atoms with Gasteiger partial charge in [0, 0.05) is 39.1 Å². The van der Waals surface area contributed by atoms with Crippen LogP contribution in [0.4, 0.5) is 0 Å². The van der Waals surface area contributed by atoms with Crippen LogP contribution in [0.15, 0.2) is 127 Å². The molecule has 78 heavy (non-hydrogen) atoms. The molecule has 8 aromatic carbocycles. The lowest BCUT2D eigenvalue weighted by Crippen LogP contribution is -2.14. The maximum absolute atomic E-state index is 8.95. The first-order valence-corrected chi connectivity index (χ1v) is 26.6. The molecule has 0 radical (unpaired) electrons. The highest BCUT2D eigenvalue weighted by Crippen LogP contribution is 2.38. The Balaban J connectivity index is 0.857. The van der Waals surface area contributed by atoms with Crippen LogP contribution in [0, 0.1) is 23.7 Å². The molecule has 2 aliphatic rings. The Morgan fingerprint density at radius 1 is 0.359 bits per heavy atom.